The van der Waals surface area contributed by atoms with Crippen molar-refractivity contribution in [3.8, 4) is 5.75 Å². The Kier molecular flexibility index (Phi) is 2.83. The van der Waals surface area contributed by atoms with E-state index in [0.717, 1.165) is 5.56 Å². The molecular weight excluding hydrogens is 206 g/mol. The number of β-amino-alcohol motifs (C(OH)–C–C–N with tert-alkyl or cyclic N) is 1. The molecule has 4 heteroatoms. The number of aliphatic hydroxyl groups excluding tert-OH is 1. The Bertz CT molecular complexity index is 417. The standard InChI is InChI=1S/C12H15NO3/c1-8-2-3-11(15)10(6-8)12(16)13-5-4-9(14)7-13/h2-3,6,9,14-15H,4-5,7H2,1H3/t9-/m0/s1. The molecule has 0 radical (unpaired) electrons. The van der Waals surface area contributed by atoms with Crippen molar-refractivity contribution in [1.82, 2.24) is 4.90 Å². The second-order valence-electron chi connectivity index (χ2n) is 4.21. The number of carbonyl (C=O) groups excluding carboxylic acids is 1. The molecular formula is C12H15NO3. The highest BCUT2D eigenvalue weighted by atomic mass is 16.3. The van der Waals surface area contributed by atoms with Gasteiger partial charge in [-0.2, -0.15) is 0 Å². The van der Waals surface area contributed by atoms with E-state index < -0.39 is 6.10 Å². The molecule has 1 aromatic rings. The summed E-state index contributed by atoms with van der Waals surface area (Å²) in [6.45, 7) is 2.77. The first-order chi connectivity index (χ1) is 7.58. The first-order valence-corrected chi connectivity index (χ1v) is 5.35. The van der Waals surface area contributed by atoms with Crippen molar-refractivity contribution in [2.45, 2.75) is 19.4 Å². The fourth-order valence-electron chi connectivity index (χ4n) is 1.92. The minimum absolute atomic E-state index is 0.00279. The molecule has 0 bridgehead atoms. The van der Waals surface area contributed by atoms with Crippen molar-refractivity contribution in [2.24, 2.45) is 0 Å². The van der Waals surface area contributed by atoms with Crippen LogP contribution in [0.15, 0.2) is 18.2 Å². The maximum Gasteiger partial charge on any atom is 0.257 e. The Labute approximate surface area is 94.1 Å². The van der Waals surface area contributed by atoms with Gasteiger partial charge in [0.2, 0.25) is 0 Å². The van der Waals surface area contributed by atoms with Crippen molar-refractivity contribution >= 4 is 5.91 Å². The summed E-state index contributed by atoms with van der Waals surface area (Å²) in [5, 5.41) is 19.0. The molecule has 0 saturated carbocycles. The van der Waals surface area contributed by atoms with Gasteiger partial charge in [0.25, 0.3) is 5.91 Å². The molecule has 4 nitrogen and oxygen atoms in total. The van der Waals surface area contributed by atoms with Crippen LogP contribution in [0.25, 0.3) is 0 Å². The van der Waals surface area contributed by atoms with Gasteiger partial charge in [-0.05, 0) is 25.5 Å². The topological polar surface area (TPSA) is 60.8 Å². The minimum atomic E-state index is -0.434. The summed E-state index contributed by atoms with van der Waals surface area (Å²) in [5.74, 6) is -0.213. The zero-order valence-electron chi connectivity index (χ0n) is 9.18. The van der Waals surface area contributed by atoms with Crippen LogP contribution in [0, 0.1) is 6.92 Å². The molecule has 1 amide bonds. The molecule has 2 rings (SSSR count). The monoisotopic (exact) mass is 221 g/mol. The van der Waals surface area contributed by atoms with Crippen LogP contribution in [-0.4, -0.2) is 40.2 Å². The van der Waals surface area contributed by atoms with Crippen LogP contribution >= 0.6 is 0 Å². The fraction of sp³-hybridized carbons (Fsp3) is 0.417. The number of amides is 1. The number of phenolic OH excluding ortho intramolecular Hbond substituents is 1. The summed E-state index contributed by atoms with van der Waals surface area (Å²) >= 11 is 0. The van der Waals surface area contributed by atoms with Gasteiger partial charge >= 0.3 is 0 Å². The summed E-state index contributed by atoms with van der Waals surface area (Å²) in [5.41, 5.74) is 1.25. The molecule has 1 aromatic carbocycles. The first kappa shape index (κ1) is 11.0. The van der Waals surface area contributed by atoms with Crippen LogP contribution in [-0.2, 0) is 0 Å². The molecule has 1 saturated heterocycles. The number of benzene rings is 1. The first-order valence-electron chi connectivity index (χ1n) is 5.35. The number of aromatic hydroxyl groups is 1. The van der Waals surface area contributed by atoms with Crippen molar-refractivity contribution in [3.05, 3.63) is 29.3 Å². The summed E-state index contributed by atoms with van der Waals surface area (Å²) in [6.07, 6.45) is 0.175. The molecule has 86 valence electrons. The normalized spacial score (nSPS) is 20.1. The van der Waals surface area contributed by atoms with E-state index in [-0.39, 0.29) is 11.7 Å². The van der Waals surface area contributed by atoms with E-state index in [4.69, 9.17) is 0 Å². The molecule has 0 aliphatic carbocycles. The van der Waals surface area contributed by atoms with Gasteiger partial charge in [-0.1, -0.05) is 11.6 Å². The number of phenols is 1. The highest BCUT2D eigenvalue weighted by Crippen LogP contribution is 2.22. The quantitative estimate of drug-likeness (QED) is 0.741. The van der Waals surface area contributed by atoms with Crippen LogP contribution in [0.2, 0.25) is 0 Å². The number of aliphatic hydroxyl groups is 1. The molecule has 1 aliphatic heterocycles. The Hall–Kier alpha value is -1.55. The molecule has 1 heterocycles. The lowest BCUT2D eigenvalue weighted by Gasteiger charge is -2.16. The predicted molar refractivity (Wildman–Crippen MR) is 59.4 cm³/mol. The molecule has 2 N–H and O–H groups in total. The molecule has 1 atom stereocenters. The van der Waals surface area contributed by atoms with Crippen molar-refractivity contribution in [2.75, 3.05) is 13.1 Å². The molecule has 0 aromatic heterocycles. The lowest BCUT2D eigenvalue weighted by Crippen LogP contribution is -2.29. The zero-order chi connectivity index (χ0) is 11.7. The predicted octanol–water partition coefficient (Wildman–Crippen LogP) is 0.907. The van der Waals surface area contributed by atoms with Crippen molar-refractivity contribution in [1.29, 1.82) is 0 Å². The van der Waals surface area contributed by atoms with Gasteiger partial charge in [-0.15, -0.1) is 0 Å². The summed E-state index contributed by atoms with van der Waals surface area (Å²) < 4.78 is 0. The number of rotatable bonds is 1. The van der Waals surface area contributed by atoms with E-state index >= 15 is 0 Å². The van der Waals surface area contributed by atoms with E-state index in [1.807, 2.05) is 6.92 Å². The second kappa shape index (κ2) is 4.14. The van der Waals surface area contributed by atoms with Gasteiger partial charge in [-0.3, -0.25) is 4.79 Å². The SMILES string of the molecule is Cc1ccc(O)c(C(=O)N2CC[C@H](O)C2)c1. The smallest absolute Gasteiger partial charge is 0.257 e. The van der Waals surface area contributed by atoms with Gasteiger partial charge < -0.3 is 15.1 Å². The van der Waals surface area contributed by atoms with Crippen LogP contribution in [0.4, 0.5) is 0 Å². The Morgan fingerprint density at radius 3 is 2.88 bits per heavy atom. The van der Waals surface area contributed by atoms with Gasteiger partial charge in [0.1, 0.15) is 5.75 Å². The second-order valence-corrected chi connectivity index (χ2v) is 4.21. The Morgan fingerprint density at radius 2 is 2.25 bits per heavy atom. The molecule has 0 unspecified atom stereocenters. The van der Waals surface area contributed by atoms with E-state index in [2.05, 4.69) is 0 Å². The maximum atomic E-state index is 12.0. The Balaban J connectivity index is 2.23. The van der Waals surface area contributed by atoms with E-state index in [0.29, 0.717) is 25.1 Å². The van der Waals surface area contributed by atoms with E-state index in [9.17, 15) is 15.0 Å². The molecule has 1 fully saturated rings. The number of aryl methyl sites for hydroxylation is 1. The van der Waals surface area contributed by atoms with Crippen molar-refractivity contribution in [3.63, 3.8) is 0 Å². The summed E-state index contributed by atoms with van der Waals surface area (Å²) in [6, 6.07) is 4.95. The highest BCUT2D eigenvalue weighted by molar-refractivity contribution is 5.97. The largest absolute Gasteiger partial charge is 0.507 e. The number of nitrogens with zero attached hydrogens (tertiary/aromatic N) is 1. The lowest BCUT2D eigenvalue weighted by molar-refractivity contribution is 0.0762. The third kappa shape index (κ3) is 2.02. The van der Waals surface area contributed by atoms with Gasteiger partial charge in [0, 0.05) is 13.1 Å². The van der Waals surface area contributed by atoms with Crippen molar-refractivity contribution < 1.29 is 15.0 Å². The highest BCUT2D eigenvalue weighted by Gasteiger charge is 2.26. The number of carbonyl (C=O) groups is 1. The lowest BCUT2D eigenvalue weighted by atomic mass is 10.1. The Morgan fingerprint density at radius 1 is 1.50 bits per heavy atom. The third-order valence-electron chi connectivity index (χ3n) is 2.83. The number of hydrogen-bond donors (Lipinski definition) is 2. The van der Waals surface area contributed by atoms with Gasteiger partial charge in [0.05, 0.1) is 11.7 Å². The third-order valence-corrected chi connectivity index (χ3v) is 2.83. The average Bonchev–Trinajstić information content (AvgIpc) is 2.67. The van der Waals surface area contributed by atoms with Crippen LogP contribution in [0.3, 0.4) is 0 Å². The average molecular weight is 221 g/mol. The minimum Gasteiger partial charge on any atom is -0.507 e. The van der Waals surface area contributed by atoms with Gasteiger partial charge in [-0.25, -0.2) is 0 Å². The van der Waals surface area contributed by atoms with E-state index in [1.54, 1.807) is 17.0 Å². The van der Waals surface area contributed by atoms with Crippen LogP contribution in [0.1, 0.15) is 22.3 Å². The van der Waals surface area contributed by atoms with Crippen LogP contribution in [0.5, 0.6) is 5.75 Å². The number of hydrogen-bond acceptors (Lipinski definition) is 3. The maximum absolute atomic E-state index is 12.0. The van der Waals surface area contributed by atoms with E-state index in [1.165, 1.54) is 6.07 Å². The van der Waals surface area contributed by atoms with Crippen LogP contribution < -0.4 is 0 Å². The zero-order valence-corrected chi connectivity index (χ0v) is 9.18. The fourth-order valence-corrected chi connectivity index (χ4v) is 1.92. The number of likely N-dealkylation sites (tertiary alicyclic amines) is 1. The summed E-state index contributed by atoms with van der Waals surface area (Å²) in [7, 11) is 0. The molecule has 16 heavy (non-hydrogen) atoms. The molecule has 1 aliphatic rings. The summed E-state index contributed by atoms with van der Waals surface area (Å²) in [4.78, 5) is 13.6. The molecule has 0 spiro atoms. The van der Waals surface area contributed by atoms with Gasteiger partial charge in [0.15, 0.2) is 0 Å².